The van der Waals surface area contributed by atoms with Crippen molar-refractivity contribution in [3.63, 3.8) is 0 Å². The monoisotopic (exact) mass is 222 g/mol. The second kappa shape index (κ2) is 5.20. The number of ether oxygens (including phenoxy) is 2. The lowest BCUT2D eigenvalue weighted by molar-refractivity contribution is -0.308. The minimum Gasteiger partial charge on any atom is -0.394 e. The van der Waals surface area contributed by atoms with Crippen LogP contribution in [0.3, 0.4) is 0 Å². The summed E-state index contributed by atoms with van der Waals surface area (Å²) in [7, 11) is 0. The lowest BCUT2D eigenvalue weighted by Crippen LogP contribution is -2.59. The normalized spacial score (nSPS) is 42.2. The van der Waals surface area contributed by atoms with Crippen LogP contribution >= 0.6 is 0 Å². The molecule has 1 aliphatic heterocycles. The van der Waals surface area contributed by atoms with Crippen LogP contribution < -0.4 is 0 Å². The van der Waals surface area contributed by atoms with Crippen LogP contribution in [0, 0.1) is 0 Å². The Labute approximate surface area is 88.1 Å². The number of hydrogen-bond acceptors (Lipinski definition) is 6. The Morgan fingerprint density at radius 3 is 2.20 bits per heavy atom. The molecule has 1 fully saturated rings. The first-order valence-corrected chi connectivity index (χ1v) is 4.93. The summed E-state index contributed by atoms with van der Waals surface area (Å²) >= 11 is 0. The largest absolute Gasteiger partial charge is 0.394 e. The molecule has 0 bridgehead atoms. The predicted octanol–water partition coefficient (Wildman–Crippen LogP) is -1.79. The van der Waals surface area contributed by atoms with E-state index in [0.29, 0.717) is 0 Å². The molecule has 1 saturated heterocycles. The number of aliphatic hydroxyl groups excluding tert-OH is 4. The van der Waals surface area contributed by atoms with E-state index in [2.05, 4.69) is 0 Å². The van der Waals surface area contributed by atoms with Crippen molar-refractivity contribution in [2.45, 2.75) is 50.7 Å². The van der Waals surface area contributed by atoms with Crippen molar-refractivity contribution < 1.29 is 29.9 Å². The van der Waals surface area contributed by atoms with Crippen molar-refractivity contribution in [2.75, 3.05) is 6.61 Å². The Hall–Kier alpha value is -0.240. The number of rotatable bonds is 3. The molecule has 1 rings (SSSR count). The molecule has 0 radical (unpaired) electrons. The third-order valence-corrected chi connectivity index (χ3v) is 2.25. The van der Waals surface area contributed by atoms with E-state index >= 15 is 0 Å². The lowest BCUT2D eigenvalue weighted by atomic mass is 9.99. The summed E-state index contributed by atoms with van der Waals surface area (Å²) < 4.78 is 10.3. The smallest absolute Gasteiger partial charge is 0.186 e. The summed E-state index contributed by atoms with van der Waals surface area (Å²) in [6.45, 7) is 3.06. The first-order valence-electron chi connectivity index (χ1n) is 4.93. The number of aliphatic hydroxyl groups is 4. The summed E-state index contributed by atoms with van der Waals surface area (Å²) in [6, 6.07) is 0. The molecular formula is C9H18O6. The van der Waals surface area contributed by atoms with Crippen molar-refractivity contribution in [1.29, 1.82) is 0 Å². The first-order chi connectivity index (χ1) is 6.97. The van der Waals surface area contributed by atoms with Gasteiger partial charge in [0.15, 0.2) is 6.29 Å². The molecule has 0 aromatic heterocycles. The van der Waals surface area contributed by atoms with Crippen LogP contribution in [-0.2, 0) is 9.47 Å². The van der Waals surface area contributed by atoms with Gasteiger partial charge in [0.1, 0.15) is 24.4 Å². The van der Waals surface area contributed by atoms with E-state index in [4.69, 9.17) is 14.6 Å². The van der Waals surface area contributed by atoms with Crippen molar-refractivity contribution in [3.05, 3.63) is 0 Å². The molecule has 15 heavy (non-hydrogen) atoms. The standard InChI is InChI=1S/C9H18O6/c1-4(2)14-9-8(13)7(12)6(11)5(3-10)15-9/h4-13H,3H2,1-2H3/t5?,6-,7+,8?,9?/m1/s1. The Bertz CT molecular complexity index is 195. The van der Waals surface area contributed by atoms with Gasteiger partial charge in [-0.1, -0.05) is 0 Å². The molecule has 0 saturated carbocycles. The second-order valence-electron chi connectivity index (χ2n) is 3.88. The van der Waals surface area contributed by atoms with Gasteiger partial charge >= 0.3 is 0 Å². The average Bonchev–Trinajstić information content (AvgIpc) is 2.18. The van der Waals surface area contributed by atoms with E-state index in [-0.39, 0.29) is 6.10 Å². The fourth-order valence-electron chi connectivity index (χ4n) is 1.45. The molecule has 0 aliphatic carbocycles. The van der Waals surface area contributed by atoms with E-state index in [1.54, 1.807) is 13.8 Å². The molecular weight excluding hydrogens is 204 g/mol. The minimum atomic E-state index is -1.38. The molecule has 90 valence electrons. The predicted molar refractivity (Wildman–Crippen MR) is 50.0 cm³/mol. The average molecular weight is 222 g/mol. The van der Waals surface area contributed by atoms with Crippen LogP contribution in [0.1, 0.15) is 13.8 Å². The zero-order valence-electron chi connectivity index (χ0n) is 8.78. The lowest BCUT2D eigenvalue weighted by Gasteiger charge is -2.40. The maximum Gasteiger partial charge on any atom is 0.186 e. The SMILES string of the molecule is CC(C)OC1OC(CO)[C@@H](O)[C@H](O)C1O. The summed E-state index contributed by atoms with van der Waals surface area (Å²) in [5.41, 5.74) is 0. The highest BCUT2D eigenvalue weighted by molar-refractivity contribution is 4.88. The van der Waals surface area contributed by atoms with Crippen molar-refractivity contribution in [2.24, 2.45) is 0 Å². The maximum absolute atomic E-state index is 9.53. The van der Waals surface area contributed by atoms with E-state index in [9.17, 15) is 15.3 Å². The van der Waals surface area contributed by atoms with Gasteiger partial charge in [0.2, 0.25) is 0 Å². The van der Waals surface area contributed by atoms with E-state index in [1.165, 1.54) is 0 Å². The molecule has 5 atom stereocenters. The van der Waals surface area contributed by atoms with Crippen molar-refractivity contribution >= 4 is 0 Å². The summed E-state index contributed by atoms with van der Waals surface area (Å²) in [5, 5.41) is 37.3. The Morgan fingerprint density at radius 1 is 1.13 bits per heavy atom. The van der Waals surface area contributed by atoms with Crippen molar-refractivity contribution in [1.82, 2.24) is 0 Å². The quantitative estimate of drug-likeness (QED) is 0.450. The van der Waals surface area contributed by atoms with Crippen LogP contribution in [0.15, 0.2) is 0 Å². The van der Waals surface area contributed by atoms with Crippen LogP contribution in [0.4, 0.5) is 0 Å². The summed E-state index contributed by atoms with van der Waals surface area (Å²) in [6.07, 6.45) is -6.15. The van der Waals surface area contributed by atoms with Gasteiger partial charge in [0.05, 0.1) is 12.7 Å². The molecule has 0 aromatic carbocycles. The molecule has 1 aliphatic rings. The van der Waals surface area contributed by atoms with Gasteiger partial charge < -0.3 is 29.9 Å². The van der Waals surface area contributed by atoms with Gasteiger partial charge in [-0.2, -0.15) is 0 Å². The Balaban J connectivity index is 2.65. The van der Waals surface area contributed by atoms with Gasteiger partial charge in [0.25, 0.3) is 0 Å². The van der Waals surface area contributed by atoms with Crippen LogP contribution in [-0.4, -0.2) is 63.8 Å². The van der Waals surface area contributed by atoms with Gasteiger partial charge in [-0.25, -0.2) is 0 Å². The Kier molecular flexibility index (Phi) is 4.45. The van der Waals surface area contributed by atoms with Crippen LogP contribution in [0.5, 0.6) is 0 Å². The topological polar surface area (TPSA) is 99.4 Å². The summed E-state index contributed by atoms with van der Waals surface area (Å²) in [4.78, 5) is 0. The van der Waals surface area contributed by atoms with Gasteiger partial charge in [0, 0.05) is 0 Å². The fourth-order valence-corrected chi connectivity index (χ4v) is 1.45. The molecule has 0 amide bonds. The highest BCUT2D eigenvalue weighted by atomic mass is 16.7. The van der Waals surface area contributed by atoms with E-state index in [0.717, 1.165) is 0 Å². The molecule has 0 aromatic rings. The molecule has 6 nitrogen and oxygen atoms in total. The highest BCUT2D eigenvalue weighted by Gasteiger charge is 2.44. The van der Waals surface area contributed by atoms with E-state index in [1.807, 2.05) is 0 Å². The number of hydrogen-bond donors (Lipinski definition) is 4. The fraction of sp³-hybridized carbons (Fsp3) is 1.00. The van der Waals surface area contributed by atoms with Gasteiger partial charge in [-0.15, -0.1) is 0 Å². The highest BCUT2D eigenvalue weighted by Crippen LogP contribution is 2.22. The molecule has 6 heteroatoms. The third-order valence-electron chi connectivity index (χ3n) is 2.25. The maximum atomic E-state index is 9.53. The zero-order valence-corrected chi connectivity index (χ0v) is 8.78. The minimum absolute atomic E-state index is 0.188. The van der Waals surface area contributed by atoms with Crippen LogP contribution in [0.25, 0.3) is 0 Å². The molecule has 3 unspecified atom stereocenters. The van der Waals surface area contributed by atoms with E-state index < -0.39 is 37.3 Å². The second-order valence-corrected chi connectivity index (χ2v) is 3.88. The molecule has 0 spiro atoms. The third kappa shape index (κ3) is 2.87. The van der Waals surface area contributed by atoms with Gasteiger partial charge in [-0.05, 0) is 13.8 Å². The van der Waals surface area contributed by atoms with Crippen molar-refractivity contribution in [3.8, 4) is 0 Å². The Morgan fingerprint density at radius 2 is 1.73 bits per heavy atom. The van der Waals surface area contributed by atoms with Crippen LogP contribution in [0.2, 0.25) is 0 Å². The molecule has 1 heterocycles. The molecule has 4 N–H and O–H groups in total. The van der Waals surface area contributed by atoms with Gasteiger partial charge in [-0.3, -0.25) is 0 Å². The zero-order chi connectivity index (χ0) is 11.6. The summed E-state index contributed by atoms with van der Waals surface area (Å²) in [5.74, 6) is 0. The first kappa shape index (κ1) is 12.8.